The minimum absolute atomic E-state index is 0.0921. The molecule has 25 heavy (non-hydrogen) atoms. The van der Waals surface area contributed by atoms with E-state index in [1.165, 1.54) is 35.7 Å². The summed E-state index contributed by atoms with van der Waals surface area (Å²) < 4.78 is 0. The summed E-state index contributed by atoms with van der Waals surface area (Å²) in [6, 6.07) is 15.8. The molecule has 1 aliphatic carbocycles. The second-order valence-corrected chi connectivity index (χ2v) is 7.60. The van der Waals surface area contributed by atoms with E-state index in [2.05, 4.69) is 33.4 Å². The van der Waals surface area contributed by atoms with Gasteiger partial charge in [-0.1, -0.05) is 54.2 Å². The van der Waals surface area contributed by atoms with Crippen molar-refractivity contribution in [2.24, 2.45) is 0 Å². The third-order valence-electron chi connectivity index (χ3n) is 4.55. The molecule has 4 nitrogen and oxygen atoms in total. The quantitative estimate of drug-likeness (QED) is 0.550. The molecule has 0 spiro atoms. The molecule has 5 heteroatoms. The zero-order valence-corrected chi connectivity index (χ0v) is 14.8. The minimum Gasteiger partial charge on any atom is -0.293 e. The molecule has 4 rings (SSSR count). The summed E-state index contributed by atoms with van der Waals surface area (Å²) in [5, 5.41) is 7.65. The Balaban J connectivity index is 1.49. The molecular weight excluding hydrogens is 330 g/mol. The molecule has 1 N–H and O–H groups in total. The van der Waals surface area contributed by atoms with Crippen molar-refractivity contribution in [2.75, 3.05) is 0 Å². The molecule has 2 aromatic carbocycles. The molecule has 0 aliphatic heterocycles. The lowest BCUT2D eigenvalue weighted by molar-refractivity contribution is 0.0994. The van der Waals surface area contributed by atoms with Crippen molar-refractivity contribution in [3.63, 3.8) is 0 Å². The first-order valence-corrected chi connectivity index (χ1v) is 9.39. The molecule has 1 unspecified atom stereocenters. The zero-order chi connectivity index (χ0) is 17.2. The van der Waals surface area contributed by atoms with E-state index in [1.54, 1.807) is 0 Å². The Bertz CT molecular complexity index is 904. The lowest BCUT2D eigenvalue weighted by atomic mass is 10.1. The van der Waals surface area contributed by atoms with Gasteiger partial charge in [0, 0.05) is 11.1 Å². The van der Waals surface area contributed by atoms with E-state index in [1.807, 2.05) is 37.3 Å². The van der Waals surface area contributed by atoms with Crippen LogP contribution in [0, 0.1) is 0 Å². The Labute approximate surface area is 151 Å². The van der Waals surface area contributed by atoms with Gasteiger partial charge in [-0.25, -0.2) is 4.98 Å². The Morgan fingerprint density at radius 2 is 1.92 bits per heavy atom. The van der Waals surface area contributed by atoms with Crippen LogP contribution in [0.4, 0.5) is 0 Å². The second-order valence-electron chi connectivity index (χ2n) is 6.29. The van der Waals surface area contributed by atoms with E-state index < -0.39 is 0 Å². The number of fused-ring (bicyclic) bond motifs is 1. The van der Waals surface area contributed by atoms with E-state index in [-0.39, 0.29) is 11.0 Å². The van der Waals surface area contributed by atoms with E-state index in [9.17, 15) is 4.79 Å². The predicted octanol–water partition coefficient (Wildman–Crippen LogP) is 4.32. The molecule has 0 amide bonds. The van der Waals surface area contributed by atoms with Gasteiger partial charge >= 0.3 is 0 Å². The average molecular weight is 349 g/mol. The summed E-state index contributed by atoms with van der Waals surface area (Å²) in [6.07, 6.45) is 3.54. The van der Waals surface area contributed by atoms with E-state index in [0.29, 0.717) is 5.16 Å². The van der Waals surface area contributed by atoms with Crippen LogP contribution in [0.1, 0.15) is 34.8 Å². The summed E-state index contributed by atoms with van der Waals surface area (Å²) in [4.78, 5) is 17.0. The van der Waals surface area contributed by atoms with Crippen LogP contribution in [-0.2, 0) is 12.8 Å². The van der Waals surface area contributed by atoms with Gasteiger partial charge in [-0.3, -0.25) is 9.89 Å². The van der Waals surface area contributed by atoms with Gasteiger partial charge in [0.05, 0.1) is 5.25 Å². The van der Waals surface area contributed by atoms with Crippen molar-refractivity contribution in [2.45, 2.75) is 36.6 Å². The van der Waals surface area contributed by atoms with Crippen LogP contribution >= 0.6 is 11.8 Å². The second kappa shape index (κ2) is 6.84. The van der Waals surface area contributed by atoms with Crippen LogP contribution in [0.5, 0.6) is 0 Å². The first-order chi connectivity index (χ1) is 12.2. The number of thioether (sulfide) groups is 1. The van der Waals surface area contributed by atoms with E-state index >= 15 is 0 Å². The Hall–Kier alpha value is -2.40. The van der Waals surface area contributed by atoms with Gasteiger partial charge in [0.15, 0.2) is 11.6 Å². The Kier molecular flexibility index (Phi) is 4.40. The average Bonchev–Trinajstić information content (AvgIpc) is 3.30. The molecule has 126 valence electrons. The molecule has 1 atom stereocenters. The Morgan fingerprint density at radius 3 is 2.76 bits per heavy atom. The van der Waals surface area contributed by atoms with Gasteiger partial charge in [-0.2, -0.15) is 0 Å². The summed E-state index contributed by atoms with van der Waals surface area (Å²) in [6.45, 7) is 1.89. The number of aromatic amines is 1. The van der Waals surface area contributed by atoms with Crippen LogP contribution in [0.15, 0.2) is 53.7 Å². The summed E-state index contributed by atoms with van der Waals surface area (Å²) in [5.74, 6) is 0.853. The number of H-pyrrole nitrogens is 1. The van der Waals surface area contributed by atoms with Gasteiger partial charge in [-0.05, 0) is 43.4 Å². The summed E-state index contributed by atoms with van der Waals surface area (Å²) >= 11 is 1.38. The molecule has 0 saturated heterocycles. The topological polar surface area (TPSA) is 58.6 Å². The number of hydrogen-bond donors (Lipinski definition) is 1. The Morgan fingerprint density at radius 1 is 1.12 bits per heavy atom. The molecule has 1 aromatic heterocycles. The van der Waals surface area contributed by atoms with E-state index in [4.69, 9.17) is 0 Å². The number of hydrogen-bond acceptors (Lipinski definition) is 4. The maximum absolute atomic E-state index is 12.5. The third kappa shape index (κ3) is 3.37. The summed E-state index contributed by atoms with van der Waals surface area (Å²) in [7, 11) is 0. The lowest BCUT2D eigenvalue weighted by Gasteiger charge is -2.07. The molecule has 0 fully saturated rings. The zero-order valence-electron chi connectivity index (χ0n) is 14.0. The van der Waals surface area contributed by atoms with Gasteiger partial charge in [-0.15, -0.1) is 5.10 Å². The maximum atomic E-state index is 12.5. The first-order valence-electron chi connectivity index (χ1n) is 8.51. The number of Topliss-reactive ketones (excluding diaryl/α,β-unsaturated/α-hetero) is 1. The SMILES string of the molecule is CC(Sc1n[nH]c(-c2ccc3c(c2)CCC3)n1)C(=O)c1ccccc1. The minimum atomic E-state index is -0.230. The number of nitrogens with zero attached hydrogens (tertiary/aromatic N) is 2. The fourth-order valence-corrected chi connectivity index (χ4v) is 4.00. The number of benzene rings is 2. The highest BCUT2D eigenvalue weighted by atomic mass is 32.2. The number of nitrogens with one attached hydrogen (secondary N) is 1. The van der Waals surface area contributed by atoms with Gasteiger partial charge in [0.25, 0.3) is 0 Å². The lowest BCUT2D eigenvalue weighted by Crippen LogP contribution is -2.13. The predicted molar refractivity (Wildman–Crippen MR) is 99.9 cm³/mol. The first kappa shape index (κ1) is 16.1. The van der Waals surface area contributed by atoms with Gasteiger partial charge < -0.3 is 0 Å². The van der Waals surface area contributed by atoms with Crippen molar-refractivity contribution in [1.29, 1.82) is 0 Å². The highest BCUT2D eigenvalue weighted by molar-refractivity contribution is 8.00. The van der Waals surface area contributed by atoms with Gasteiger partial charge in [0.2, 0.25) is 5.16 Å². The van der Waals surface area contributed by atoms with Crippen molar-refractivity contribution >= 4 is 17.5 Å². The van der Waals surface area contributed by atoms with Crippen molar-refractivity contribution in [1.82, 2.24) is 15.2 Å². The molecular formula is C20H19N3OS. The highest BCUT2D eigenvalue weighted by Gasteiger charge is 2.19. The summed E-state index contributed by atoms with van der Waals surface area (Å²) in [5.41, 5.74) is 4.63. The fourth-order valence-electron chi connectivity index (χ4n) is 3.20. The van der Waals surface area contributed by atoms with Crippen LogP contribution in [0.3, 0.4) is 0 Å². The normalized spacial score (nSPS) is 14.3. The van der Waals surface area contributed by atoms with Crippen molar-refractivity contribution in [3.8, 4) is 11.4 Å². The molecule has 1 heterocycles. The molecule has 0 bridgehead atoms. The number of rotatable bonds is 5. The van der Waals surface area contributed by atoms with E-state index in [0.717, 1.165) is 23.4 Å². The third-order valence-corrected chi connectivity index (χ3v) is 5.51. The number of carbonyl (C=O) groups is 1. The number of carbonyl (C=O) groups excluding carboxylic acids is 1. The number of aryl methyl sites for hydroxylation is 2. The number of aromatic nitrogens is 3. The fraction of sp³-hybridized carbons (Fsp3) is 0.250. The number of ketones is 1. The van der Waals surface area contributed by atoms with Crippen LogP contribution in [-0.4, -0.2) is 26.2 Å². The largest absolute Gasteiger partial charge is 0.293 e. The molecule has 0 saturated carbocycles. The highest BCUT2D eigenvalue weighted by Crippen LogP contribution is 2.28. The van der Waals surface area contributed by atoms with Crippen LogP contribution < -0.4 is 0 Å². The van der Waals surface area contributed by atoms with Crippen molar-refractivity contribution < 1.29 is 4.79 Å². The van der Waals surface area contributed by atoms with Gasteiger partial charge in [0.1, 0.15) is 0 Å². The molecule has 0 radical (unpaired) electrons. The van der Waals surface area contributed by atoms with Crippen LogP contribution in [0.25, 0.3) is 11.4 Å². The standard InChI is InChI=1S/C20H19N3OS/c1-13(18(24)15-6-3-2-4-7-15)25-20-21-19(22-23-20)17-11-10-14-8-5-9-16(14)12-17/h2-4,6-7,10-13H,5,8-9H2,1H3,(H,21,22,23). The van der Waals surface area contributed by atoms with Crippen molar-refractivity contribution in [3.05, 3.63) is 65.2 Å². The molecule has 3 aromatic rings. The molecule has 1 aliphatic rings. The maximum Gasteiger partial charge on any atom is 0.209 e. The van der Waals surface area contributed by atoms with Crippen LogP contribution in [0.2, 0.25) is 0 Å². The smallest absolute Gasteiger partial charge is 0.209 e. The monoisotopic (exact) mass is 349 g/mol.